The van der Waals surface area contributed by atoms with Gasteiger partial charge in [0.1, 0.15) is 5.82 Å². The van der Waals surface area contributed by atoms with Crippen molar-refractivity contribution in [2.45, 2.75) is 112 Å². The lowest BCUT2D eigenvalue weighted by atomic mass is 9.88. The molecule has 1 aromatic carbocycles. The minimum absolute atomic E-state index is 0.0306. The Morgan fingerprint density at radius 1 is 1.17 bits per heavy atom. The zero-order valence-electron chi connectivity index (χ0n) is 30.1. The fourth-order valence-corrected chi connectivity index (χ4v) is 6.16. The zero-order valence-corrected chi connectivity index (χ0v) is 30.1. The molecule has 48 heavy (non-hydrogen) atoms. The summed E-state index contributed by atoms with van der Waals surface area (Å²) in [6.07, 6.45) is 19.5. The number of hydrogen-bond acceptors (Lipinski definition) is 5. The van der Waals surface area contributed by atoms with Gasteiger partial charge in [0.25, 0.3) is 5.56 Å². The normalized spacial score (nSPS) is 16.6. The van der Waals surface area contributed by atoms with Crippen LogP contribution in [0.25, 0.3) is 11.3 Å². The fraction of sp³-hybridized carbons (Fsp3) is 0.463. The standard InChI is InChI=1S/C41H56N4O3/c1-9-13-14-18-31(7)48-28-29(5)21-25-33(11-3)45-39(12-4)43-38(17-10-2)37(41(45)46)27-32-23-22-30(6)34(26-24-32)35-19-15-16-20-36(35)40(42-8)44-47/h11,15-16,19-21,24-26,30-31,47H,3,8-10,12-14,17-18,22-23,27-28H2,1-2,4-7H3/b29-21+,33-25+,44-40-. The van der Waals surface area contributed by atoms with Crippen LogP contribution >= 0.6 is 0 Å². The molecule has 7 nitrogen and oxygen atoms in total. The molecule has 1 aliphatic carbocycles. The van der Waals surface area contributed by atoms with Gasteiger partial charge in [-0.25, -0.2) is 9.98 Å². The summed E-state index contributed by atoms with van der Waals surface area (Å²) in [5.74, 6) is 1.18. The number of nitrogens with zero attached hydrogens (tertiary/aromatic N) is 4. The molecule has 2 aromatic rings. The second-order valence-electron chi connectivity index (χ2n) is 12.8. The first-order chi connectivity index (χ1) is 23.2. The second kappa shape index (κ2) is 19.7. The van der Waals surface area contributed by atoms with Crippen LogP contribution in [0, 0.1) is 5.92 Å². The van der Waals surface area contributed by atoms with Crippen LogP contribution in [0.4, 0.5) is 0 Å². The molecule has 2 atom stereocenters. The van der Waals surface area contributed by atoms with E-state index in [2.05, 4.69) is 70.2 Å². The molecule has 7 heteroatoms. The first-order valence-corrected chi connectivity index (χ1v) is 17.7. The summed E-state index contributed by atoms with van der Waals surface area (Å²) >= 11 is 0. The third-order valence-corrected chi connectivity index (χ3v) is 9.01. The lowest BCUT2D eigenvalue weighted by molar-refractivity contribution is 0.0752. The number of aromatic nitrogens is 2. The molecule has 2 unspecified atom stereocenters. The van der Waals surface area contributed by atoms with Gasteiger partial charge >= 0.3 is 0 Å². The van der Waals surface area contributed by atoms with Gasteiger partial charge < -0.3 is 9.94 Å². The lowest BCUT2D eigenvalue weighted by Gasteiger charge is -2.19. The van der Waals surface area contributed by atoms with E-state index in [1.54, 1.807) is 10.6 Å². The van der Waals surface area contributed by atoms with Crippen LogP contribution in [0.3, 0.4) is 0 Å². The fourth-order valence-electron chi connectivity index (χ4n) is 6.16. The Balaban J connectivity index is 2.00. The van der Waals surface area contributed by atoms with E-state index in [0.29, 0.717) is 25.1 Å². The lowest BCUT2D eigenvalue weighted by Crippen LogP contribution is -2.29. The Kier molecular flexibility index (Phi) is 15.7. The third-order valence-electron chi connectivity index (χ3n) is 9.01. The Hall–Kier alpha value is -4.10. The molecule has 1 aliphatic rings. The van der Waals surface area contributed by atoms with Crippen LogP contribution in [0.5, 0.6) is 0 Å². The van der Waals surface area contributed by atoms with Crippen molar-refractivity contribution in [2.24, 2.45) is 16.1 Å². The molecular weight excluding hydrogens is 596 g/mol. The molecule has 0 fully saturated rings. The smallest absolute Gasteiger partial charge is 0.261 e. The highest BCUT2D eigenvalue weighted by molar-refractivity contribution is 6.05. The van der Waals surface area contributed by atoms with E-state index in [0.717, 1.165) is 71.5 Å². The van der Waals surface area contributed by atoms with Gasteiger partial charge in [0.05, 0.1) is 18.4 Å². The van der Waals surface area contributed by atoms with Crippen LogP contribution in [0.1, 0.15) is 115 Å². The highest BCUT2D eigenvalue weighted by Gasteiger charge is 2.22. The van der Waals surface area contributed by atoms with Crippen molar-refractivity contribution in [1.82, 2.24) is 9.55 Å². The molecule has 0 saturated heterocycles. The number of amidine groups is 1. The van der Waals surface area contributed by atoms with E-state index in [1.807, 2.05) is 43.3 Å². The number of allylic oxidation sites excluding steroid dienone is 8. The predicted molar refractivity (Wildman–Crippen MR) is 202 cm³/mol. The maximum absolute atomic E-state index is 14.4. The predicted octanol–water partition coefficient (Wildman–Crippen LogP) is 9.54. The van der Waals surface area contributed by atoms with Gasteiger partial charge in [0, 0.05) is 29.7 Å². The van der Waals surface area contributed by atoms with Gasteiger partial charge in [-0.05, 0) is 81.0 Å². The zero-order chi connectivity index (χ0) is 35.1. The van der Waals surface area contributed by atoms with E-state index in [1.165, 1.54) is 24.8 Å². The summed E-state index contributed by atoms with van der Waals surface area (Å²) in [7, 11) is 0. The highest BCUT2D eigenvalue weighted by atomic mass is 16.5. The molecule has 0 spiro atoms. The summed E-state index contributed by atoms with van der Waals surface area (Å²) < 4.78 is 7.83. The van der Waals surface area contributed by atoms with Crippen molar-refractivity contribution in [3.8, 4) is 0 Å². The van der Waals surface area contributed by atoms with Gasteiger partial charge in [-0.1, -0.05) is 113 Å². The molecule has 0 amide bonds. The van der Waals surface area contributed by atoms with Crippen LogP contribution in [-0.2, 0) is 24.0 Å². The number of aryl methyl sites for hydroxylation is 2. The number of aliphatic imine (C=N–C) groups is 1. The van der Waals surface area contributed by atoms with E-state index < -0.39 is 0 Å². The van der Waals surface area contributed by atoms with Crippen molar-refractivity contribution in [3.63, 3.8) is 0 Å². The Bertz CT molecular complexity index is 1620. The average Bonchev–Trinajstić information content (AvgIpc) is 3.27. The Morgan fingerprint density at radius 2 is 1.94 bits per heavy atom. The third kappa shape index (κ3) is 10.2. The molecule has 0 saturated carbocycles. The van der Waals surface area contributed by atoms with Gasteiger partial charge in [-0.15, -0.1) is 0 Å². The maximum atomic E-state index is 14.4. The van der Waals surface area contributed by atoms with Crippen molar-refractivity contribution in [1.29, 1.82) is 0 Å². The number of unbranched alkanes of at least 4 members (excludes halogenated alkanes) is 2. The molecule has 0 radical (unpaired) electrons. The number of rotatable bonds is 17. The van der Waals surface area contributed by atoms with Crippen LogP contribution < -0.4 is 5.56 Å². The first-order valence-electron chi connectivity index (χ1n) is 17.7. The molecule has 3 rings (SSSR count). The summed E-state index contributed by atoms with van der Waals surface area (Å²) in [6.45, 7) is 21.0. The summed E-state index contributed by atoms with van der Waals surface area (Å²) in [4.78, 5) is 23.4. The van der Waals surface area contributed by atoms with E-state index >= 15 is 0 Å². The molecule has 1 heterocycles. The summed E-state index contributed by atoms with van der Waals surface area (Å²) in [5, 5.41) is 12.9. The topological polar surface area (TPSA) is 89.1 Å². The maximum Gasteiger partial charge on any atom is 0.261 e. The number of benzene rings is 1. The van der Waals surface area contributed by atoms with Crippen molar-refractivity contribution >= 4 is 23.8 Å². The summed E-state index contributed by atoms with van der Waals surface area (Å²) in [5.41, 5.74) is 7.41. The van der Waals surface area contributed by atoms with E-state index in [-0.39, 0.29) is 23.4 Å². The van der Waals surface area contributed by atoms with Crippen LogP contribution in [0.2, 0.25) is 0 Å². The quantitative estimate of drug-likeness (QED) is 0.0460. The molecular formula is C41H56N4O3. The monoisotopic (exact) mass is 652 g/mol. The van der Waals surface area contributed by atoms with Crippen LogP contribution in [0.15, 0.2) is 87.3 Å². The largest absolute Gasteiger partial charge is 0.409 e. The van der Waals surface area contributed by atoms with Crippen molar-refractivity contribution < 1.29 is 9.94 Å². The number of hydrogen-bond donors (Lipinski definition) is 1. The SMILES string of the molecule is C=C/C(=C\C=C(/C)COC(C)CCCCC)n1c(CC)nc(CCC)c(CC2=CC=C(c3ccccc3/C(N=C)=N/O)C(C)CC2)c1=O. The molecule has 0 bridgehead atoms. The van der Waals surface area contributed by atoms with Crippen molar-refractivity contribution in [3.05, 3.63) is 111 Å². The molecule has 1 aromatic heterocycles. The van der Waals surface area contributed by atoms with E-state index in [4.69, 9.17) is 9.72 Å². The van der Waals surface area contributed by atoms with Gasteiger partial charge in [0.15, 0.2) is 5.84 Å². The van der Waals surface area contributed by atoms with Gasteiger partial charge in [-0.3, -0.25) is 9.36 Å². The molecule has 0 aliphatic heterocycles. The minimum atomic E-state index is -0.0306. The van der Waals surface area contributed by atoms with Crippen LogP contribution in [-0.4, -0.2) is 40.0 Å². The second-order valence-corrected chi connectivity index (χ2v) is 12.8. The summed E-state index contributed by atoms with van der Waals surface area (Å²) in [6, 6.07) is 7.80. The average molecular weight is 653 g/mol. The van der Waals surface area contributed by atoms with E-state index in [9.17, 15) is 10.0 Å². The van der Waals surface area contributed by atoms with Gasteiger partial charge in [-0.2, -0.15) is 0 Å². The Labute approximate surface area is 288 Å². The highest BCUT2D eigenvalue weighted by Crippen LogP contribution is 2.34. The molecule has 258 valence electrons. The number of ether oxygens (including phenoxy) is 1. The minimum Gasteiger partial charge on any atom is -0.409 e. The van der Waals surface area contributed by atoms with Crippen molar-refractivity contribution in [2.75, 3.05) is 6.61 Å². The first kappa shape index (κ1) is 38.3. The molecule has 1 N–H and O–H groups in total. The Morgan fingerprint density at radius 3 is 2.60 bits per heavy atom. The number of oxime groups is 1. The van der Waals surface area contributed by atoms with Gasteiger partial charge in [0.2, 0.25) is 0 Å².